The van der Waals surface area contributed by atoms with Gasteiger partial charge in [0.2, 0.25) is 10.0 Å². The van der Waals surface area contributed by atoms with Crippen LogP contribution >= 0.6 is 0 Å². The number of hydrogen-bond acceptors (Lipinski definition) is 7. The van der Waals surface area contributed by atoms with E-state index in [0.717, 1.165) is 29.7 Å². The topological polar surface area (TPSA) is 123 Å². The van der Waals surface area contributed by atoms with Crippen LogP contribution < -0.4 is 14.8 Å². The largest absolute Gasteiger partial charge is 0.493 e. The second-order valence-electron chi connectivity index (χ2n) is 10.4. The third kappa shape index (κ3) is 6.71. The van der Waals surface area contributed by atoms with E-state index in [9.17, 15) is 18.0 Å². The number of methoxy groups -OCH3 is 1. The summed E-state index contributed by atoms with van der Waals surface area (Å²) in [5.41, 5.74) is 3.67. The van der Waals surface area contributed by atoms with Gasteiger partial charge < -0.3 is 19.7 Å². The summed E-state index contributed by atoms with van der Waals surface area (Å²) in [6.07, 6.45) is 3.46. The maximum atomic E-state index is 12.9. The van der Waals surface area contributed by atoms with E-state index in [0.29, 0.717) is 54.9 Å². The van der Waals surface area contributed by atoms with Gasteiger partial charge in [-0.2, -0.15) is 9.40 Å². The van der Waals surface area contributed by atoms with E-state index in [1.54, 1.807) is 34.9 Å². The first kappa shape index (κ1) is 28.6. The molecule has 11 nitrogen and oxygen atoms in total. The second kappa shape index (κ2) is 11.9. The Bertz CT molecular complexity index is 1520. The van der Waals surface area contributed by atoms with Crippen molar-refractivity contribution in [3.05, 3.63) is 76.6 Å². The van der Waals surface area contributed by atoms with Gasteiger partial charge in [0.25, 0.3) is 11.8 Å². The molecule has 1 aliphatic heterocycles. The van der Waals surface area contributed by atoms with Crippen LogP contribution in [0, 0.1) is 0 Å². The molecule has 1 aromatic heterocycles. The fraction of sp³-hybridized carbons (Fsp3) is 0.414. The molecule has 12 heteroatoms. The molecule has 1 saturated carbocycles. The smallest absolute Gasteiger partial charge is 0.272 e. The van der Waals surface area contributed by atoms with E-state index < -0.39 is 10.0 Å². The van der Waals surface area contributed by atoms with Crippen molar-refractivity contribution in [1.29, 1.82) is 0 Å². The minimum atomic E-state index is -3.25. The Morgan fingerprint density at radius 1 is 1.05 bits per heavy atom. The van der Waals surface area contributed by atoms with Gasteiger partial charge in [-0.25, -0.2) is 8.42 Å². The predicted octanol–water partition coefficient (Wildman–Crippen LogP) is 2.53. The van der Waals surface area contributed by atoms with Crippen molar-refractivity contribution >= 4 is 21.8 Å². The van der Waals surface area contributed by atoms with Crippen LogP contribution in [0.4, 0.5) is 0 Å². The van der Waals surface area contributed by atoms with Crippen LogP contribution in [-0.4, -0.2) is 78.8 Å². The first-order valence-corrected chi connectivity index (χ1v) is 15.4. The molecule has 2 fully saturated rings. The van der Waals surface area contributed by atoms with Gasteiger partial charge in [0.1, 0.15) is 12.3 Å². The zero-order valence-electron chi connectivity index (χ0n) is 23.5. The maximum Gasteiger partial charge on any atom is 0.272 e. The van der Waals surface area contributed by atoms with Crippen molar-refractivity contribution < 1.29 is 27.5 Å². The van der Waals surface area contributed by atoms with Crippen LogP contribution in [0.15, 0.2) is 48.5 Å². The van der Waals surface area contributed by atoms with Crippen LogP contribution in [-0.2, 0) is 30.2 Å². The summed E-state index contributed by atoms with van der Waals surface area (Å²) >= 11 is 0. The van der Waals surface area contributed by atoms with E-state index in [-0.39, 0.29) is 25.0 Å². The number of nitrogens with zero attached hydrogens (tertiary/aromatic N) is 4. The summed E-state index contributed by atoms with van der Waals surface area (Å²) in [5.74, 6) is 1.21. The normalized spacial score (nSPS) is 15.9. The van der Waals surface area contributed by atoms with Crippen molar-refractivity contribution in [2.75, 3.05) is 39.5 Å². The van der Waals surface area contributed by atoms with Crippen LogP contribution in [0.5, 0.6) is 11.5 Å². The molecular formula is C29H35N5O6S. The second-order valence-corrected chi connectivity index (χ2v) is 12.4. The molecule has 1 aliphatic carbocycles. The first-order chi connectivity index (χ1) is 19.6. The number of hydrogen-bond donors (Lipinski definition) is 1. The average molecular weight is 582 g/mol. The minimum absolute atomic E-state index is 0.128. The van der Waals surface area contributed by atoms with E-state index in [2.05, 4.69) is 10.4 Å². The fourth-order valence-electron chi connectivity index (χ4n) is 4.98. The van der Waals surface area contributed by atoms with Crippen LogP contribution in [0.25, 0.3) is 0 Å². The molecule has 2 aliphatic rings. The molecule has 0 unspecified atom stereocenters. The number of nitrogens with one attached hydrogen (secondary N) is 1. The quantitative estimate of drug-likeness (QED) is 0.390. The van der Waals surface area contributed by atoms with Gasteiger partial charge in [0.15, 0.2) is 11.5 Å². The summed E-state index contributed by atoms with van der Waals surface area (Å²) in [6, 6.07) is 14.5. The number of benzene rings is 2. The molecule has 2 amide bonds. The Balaban J connectivity index is 1.16. The van der Waals surface area contributed by atoms with E-state index in [1.165, 1.54) is 10.6 Å². The highest BCUT2D eigenvalue weighted by molar-refractivity contribution is 7.88. The SMILES string of the molecule is COc1c(CNC(=O)c2cc(C3CC3)n(C)n2)cccc1OCc1ccc(C(=O)N2CCN(S(C)(=O)=O)CC2)cc1. The minimum Gasteiger partial charge on any atom is -0.493 e. The molecule has 1 saturated heterocycles. The molecular weight excluding hydrogens is 546 g/mol. The Labute approximate surface area is 240 Å². The fourth-order valence-corrected chi connectivity index (χ4v) is 5.80. The molecule has 5 rings (SSSR count). The Morgan fingerprint density at radius 3 is 2.39 bits per heavy atom. The van der Waals surface area contributed by atoms with Crippen LogP contribution in [0.3, 0.4) is 0 Å². The standard InChI is InChI=1S/C29H35N5O6S/c1-32-25(21-11-12-21)17-24(31-32)28(35)30-18-23-5-4-6-26(27(23)39-2)40-19-20-7-9-22(10-8-20)29(36)33-13-15-34(16-14-33)41(3,37)38/h4-10,17,21H,11-16,18-19H2,1-3H3,(H,30,35). The molecule has 3 aromatic rings. The number of ether oxygens (including phenoxy) is 2. The number of piperazine rings is 1. The van der Waals surface area contributed by atoms with E-state index in [1.807, 2.05) is 37.4 Å². The lowest BCUT2D eigenvalue weighted by molar-refractivity contribution is 0.0698. The van der Waals surface area contributed by atoms with Crippen molar-refractivity contribution in [3.63, 3.8) is 0 Å². The zero-order valence-corrected chi connectivity index (χ0v) is 24.3. The highest BCUT2D eigenvalue weighted by Gasteiger charge is 2.29. The van der Waals surface area contributed by atoms with Gasteiger partial charge in [0, 0.05) is 62.5 Å². The summed E-state index contributed by atoms with van der Waals surface area (Å²) in [5, 5.41) is 7.29. The third-order valence-electron chi connectivity index (χ3n) is 7.44. The number of aromatic nitrogens is 2. The molecule has 0 bridgehead atoms. The average Bonchev–Trinajstić information content (AvgIpc) is 3.74. The Hall–Kier alpha value is -3.90. The number of carbonyl (C=O) groups is 2. The van der Waals surface area contributed by atoms with Gasteiger partial charge in [-0.15, -0.1) is 0 Å². The lowest BCUT2D eigenvalue weighted by Crippen LogP contribution is -2.50. The van der Waals surface area contributed by atoms with Crippen molar-refractivity contribution in [2.24, 2.45) is 7.05 Å². The van der Waals surface area contributed by atoms with Gasteiger partial charge >= 0.3 is 0 Å². The van der Waals surface area contributed by atoms with Gasteiger partial charge in [-0.05, 0) is 42.7 Å². The molecule has 41 heavy (non-hydrogen) atoms. The highest BCUT2D eigenvalue weighted by Crippen LogP contribution is 2.40. The van der Waals surface area contributed by atoms with Crippen molar-refractivity contribution in [1.82, 2.24) is 24.3 Å². The molecule has 0 atom stereocenters. The van der Waals surface area contributed by atoms with Gasteiger partial charge in [-0.3, -0.25) is 14.3 Å². The number of carbonyl (C=O) groups excluding carboxylic acids is 2. The number of para-hydroxylation sites is 1. The van der Waals surface area contributed by atoms with E-state index >= 15 is 0 Å². The number of aryl methyl sites for hydroxylation is 1. The molecule has 0 radical (unpaired) electrons. The molecule has 2 heterocycles. The summed E-state index contributed by atoms with van der Waals surface area (Å²) in [6.45, 7) is 1.82. The zero-order chi connectivity index (χ0) is 29.1. The van der Waals surface area contributed by atoms with Gasteiger partial charge in [0.05, 0.1) is 13.4 Å². The molecule has 218 valence electrons. The lowest BCUT2D eigenvalue weighted by Gasteiger charge is -2.33. The summed E-state index contributed by atoms with van der Waals surface area (Å²) in [7, 11) is 0.173. The lowest BCUT2D eigenvalue weighted by atomic mass is 10.1. The van der Waals surface area contributed by atoms with Crippen molar-refractivity contribution in [2.45, 2.75) is 31.9 Å². The molecule has 1 N–H and O–H groups in total. The predicted molar refractivity (Wildman–Crippen MR) is 152 cm³/mol. The Kier molecular flexibility index (Phi) is 8.32. The molecule has 0 spiro atoms. The maximum absolute atomic E-state index is 12.9. The summed E-state index contributed by atoms with van der Waals surface area (Å²) in [4.78, 5) is 27.3. The van der Waals surface area contributed by atoms with Gasteiger partial charge in [-0.1, -0.05) is 24.3 Å². The van der Waals surface area contributed by atoms with Crippen LogP contribution in [0.1, 0.15) is 56.4 Å². The monoisotopic (exact) mass is 581 g/mol. The first-order valence-electron chi connectivity index (χ1n) is 13.6. The van der Waals surface area contributed by atoms with Crippen molar-refractivity contribution in [3.8, 4) is 11.5 Å². The summed E-state index contributed by atoms with van der Waals surface area (Å²) < 4.78 is 38.3. The Morgan fingerprint density at radius 2 is 1.76 bits per heavy atom. The van der Waals surface area contributed by atoms with E-state index in [4.69, 9.17) is 9.47 Å². The number of amides is 2. The number of sulfonamides is 1. The third-order valence-corrected chi connectivity index (χ3v) is 8.74. The molecule has 2 aromatic carbocycles. The van der Waals surface area contributed by atoms with Crippen LogP contribution in [0.2, 0.25) is 0 Å². The highest BCUT2D eigenvalue weighted by atomic mass is 32.2. The number of rotatable bonds is 10.